The fourth-order valence-corrected chi connectivity index (χ4v) is 1.98. The van der Waals surface area contributed by atoms with Gasteiger partial charge in [-0.25, -0.2) is 0 Å². The van der Waals surface area contributed by atoms with Crippen LogP contribution in [0.4, 0.5) is 5.69 Å². The highest BCUT2D eigenvalue weighted by Crippen LogP contribution is 2.16. The number of anilines is 1. The van der Waals surface area contributed by atoms with E-state index in [1.54, 1.807) is 24.5 Å². The zero-order valence-corrected chi connectivity index (χ0v) is 11.0. The molecule has 0 saturated heterocycles. The maximum atomic E-state index is 10.2. The number of hydrogen-bond acceptors (Lipinski definition) is 4. The Kier molecular flexibility index (Phi) is 4.49. The molecule has 2 aromatic rings. The van der Waals surface area contributed by atoms with Crippen LogP contribution in [0.3, 0.4) is 0 Å². The predicted molar refractivity (Wildman–Crippen MR) is 76.4 cm³/mol. The average Bonchev–Trinajstić information content (AvgIpc) is 2.40. The molecule has 0 spiro atoms. The molecule has 4 nitrogen and oxygen atoms in total. The van der Waals surface area contributed by atoms with Crippen molar-refractivity contribution in [3.05, 3.63) is 59.9 Å². The lowest BCUT2D eigenvalue weighted by Gasteiger charge is -2.20. The predicted octanol–water partition coefficient (Wildman–Crippen LogP) is 1.83. The second-order valence-electron chi connectivity index (χ2n) is 4.73. The molecule has 4 heteroatoms. The van der Waals surface area contributed by atoms with Gasteiger partial charge in [0.2, 0.25) is 0 Å². The van der Waals surface area contributed by atoms with E-state index in [1.807, 2.05) is 31.3 Å². The molecule has 0 aliphatic carbocycles. The lowest BCUT2D eigenvalue weighted by Crippen LogP contribution is -2.24. The number of nitrogens with zero attached hydrogens (tertiary/aromatic N) is 2. The van der Waals surface area contributed by atoms with Crippen LogP contribution >= 0.6 is 0 Å². The number of pyridine rings is 1. The Bertz CT molecular complexity index is 499. The van der Waals surface area contributed by atoms with Gasteiger partial charge in [-0.1, -0.05) is 12.1 Å². The van der Waals surface area contributed by atoms with Crippen LogP contribution in [0.25, 0.3) is 0 Å². The van der Waals surface area contributed by atoms with Crippen LogP contribution in [0.5, 0.6) is 0 Å². The third-order valence-corrected chi connectivity index (χ3v) is 3.01. The van der Waals surface area contributed by atoms with Gasteiger partial charge >= 0.3 is 0 Å². The van der Waals surface area contributed by atoms with E-state index >= 15 is 0 Å². The van der Waals surface area contributed by atoms with E-state index in [0.29, 0.717) is 12.2 Å². The number of nitrogens with two attached hydrogens (primary N) is 1. The molecular formula is C15H19N3O. The van der Waals surface area contributed by atoms with Crippen molar-refractivity contribution in [3.63, 3.8) is 0 Å². The summed E-state index contributed by atoms with van der Waals surface area (Å²) in [7, 11) is 1.99. The van der Waals surface area contributed by atoms with Gasteiger partial charge in [-0.3, -0.25) is 9.88 Å². The van der Waals surface area contributed by atoms with Crippen molar-refractivity contribution in [2.45, 2.75) is 12.6 Å². The van der Waals surface area contributed by atoms with E-state index in [4.69, 9.17) is 5.73 Å². The Balaban J connectivity index is 1.91. The largest absolute Gasteiger partial charge is 0.399 e. The van der Waals surface area contributed by atoms with Crippen molar-refractivity contribution in [1.29, 1.82) is 0 Å². The first-order valence-corrected chi connectivity index (χ1v) is 6.26. The summed E-state index contributed by atoms with van der Waals surface area (Å²) in [6.07, 6.45) is 3.05. The Morgan fingerprint density at radius 1 is 1.16 bits per heavy atom. The van der Waals surface area contributed by atoms with Crippen LogP contribution in [0.1, 0.15) is 17.2 Å². The van der Waals surface area contributed by atoms with E-state index in [1.165, 1.54) is 5.56 Å². The Morgan fingerprint density at radius 3 is 2.42 bits per heavy atom. The first-order valence-electron chi connectivity index (χ1n) is 6.26. The second-order valence-corrected chi connectivity index (χ2v) is 4.73. The van der Waals surface area contributed by atoms with Crippen molar-refractivity contribution >= 4 is 5.69 Å². The first kappa shape index (κ1) is 13.5. The number of aromatic nitrogens is 1. The van der Waals surface area contributed by atoms with Gasteiger partial charge in [0, 0.05) is 31.2 Å². The van der Waals surface area contributed by atoms with Crippen molar-refractivity contribution in [2.24, 2.45) is 0 Å². The van der Waals surface area contributed by atoms with Gasteiger partial charge in [-0.15, -0.1) is 0 Å². The molecule has 100 valence electrons. The van der Waals surface area contributed by atoms with Crippen molar-refractivity contribution < 1.29 is 5.11 Å². The third kappa shape index (κ3) is 4.05. The van der Waals surface area contributed by atoms with E-state index in [2.05, 4.69) is 9.88 Å². The van der Waals surface area contributed by atoms with Gasteiger partial charge in [0.25, 0.3) is 0 Å². The lowest BCUT2D eigenvalue weighted by atomic mass is 10.1. The summed E-state index contributed by atoms with van der Waals surface area (Å²) >= 11 is 0. The van der Waals surface area contributed by atoms with Gasteiger partial charge in [-0.05, 0) is 42.4 Å². The quantitative estimate of drug-likeness (QED) is 0.802. The smallest absolute Gasteiger partial charge is 0.0916 e. The van der Waals surface area contributed by atoms with Crippen LogP contribution < -0.4 is 5.73 Å². The minimum Gasteiger partial charge on any atom is -0.399 e. The summed E-state index contributed by atoms with van der Waals surface area (Å²) in [5.41, 5.74) is 8.41. The molecule has 0 radical (unpaired) electrons. The summed E-state index contributed by atoms with van der Waals surface area (Å²) in [5, 5.41) is 10.2. The summed E-state index contributed by atoms with van der Waals surface area (Å²) in [6, 6.07) is 11.3. The van der Waals surface area contributed by atoms with Crippen molar-refractivity contribution in [1.82, 2.24) is 9.88 Å². The SMILES string of the molecule is CN(Cc1ccncc1)CC(O)c1ccc(N)cc1. The maximum absolute atomic E-state index is 10.2. The highest BCUT2D eigenvalue weighted by Gasteiger charge is 2.10. The fourth-order valence-electron chi connectivity index (χ4n) is 1.98. The Hall–Kier alpha value is -1.91. The molecule has 1 aromatic heterocycles. The Morgan fingerprint density at radius 2 is 1.79 bits per heavy atom. The Labute approximate surface area is 113 Å². The molecule has 0 fully saturated rings. The molecule has 0 aliphatic heterocycles. The molecule has 3 N–H and O–H groups in total. The molecule has 0 bridgehead atoms. The minimum atomic E-state index is -0.507. The van der Waals surface area contributed by atoms with Gasteiger partial charge in [0.05, 0.1) is 6.10 Å². The normalized spacial score (nSPS) is 12.6. The van der Waals surface area contributed by atoms with Crippen molar-refractivity contribution in [2.75, 3.05) is 19.3 Å². The van der Waals surface area contributed by atoms with E-state index < -0.39 is 6.10 Å². The number of benzene rings is 1. The molecule has 1 aromatic carbocycles. The first-order chi connectivity index (χ1) is 9.15. The van der Waals surface area contributed by atoms with Crippen LogP contribution in [0.15, 0.2) is 48.8 Å². The molecule has 0 aliphatic rings. The monoisotopic (exact) mass is 257 g/mol. The highest BCUT2D eigenvalue weighted by atomic mass is 16.3. The standard InChI is InChI=1S/C15H19N3O/c1-18(10-12-6-8-17-9-7-12)11-15(19)13-2-4-14(16)5-3-13/h2-9,15,19H,10-11,16H2,1H3. The second kappa shape index (κ2) is 6.31. The molecule has 19 heavy (non-hydrogen) atoms. The molecule has 0 amide bonds. The molecular weight excluding hydrogens is 238 g/mol. The van der Waals surface area contributed by atoms with Crippen LogP contribution in [-0.4, -0.2) is 28.6 Å². The molecule has 1 unspecified atom stereocenters. The van der Waals surface area contributed by atoms with Gasteiger partial charge in [-0.2, -0.15) is 0 Å². The topological polar surface area (TPSA) is 62.4 Å². The lowest BCUT2D eigenvalue weighted by molar-refractivity contribution is 0.124. The van der Waals surface area contributed by atoms with Gasteiger partial charge in [0.15, 0.2) is 0 Å². The number of likely N-dealkylation sites (N-methyl/N-ethyl adjacent to an activating group) is 1. The van der Waals surface area contributed by atoms with Gasteiger partial charge in [0.1, 0.15) is 0 Å². The fraction of sp³-hybridized carbons (Fsp3) is 0.267. The molecule has 0 saturated carbocycles. The number of hydrogen-bond donors (Lipinski definition) is 2. The van der Waals surface area contributed by atoms with Gasteiger partial charge < -0.3 is 10.8 Å². The summed E-state index contributed by atoms with van der Waals surface area (Å²) in [4.78, 5) is 6.07. The molecule has 1 atom stereocenters. The summed E-state index contributed by atoms with van der Waals surface area (Å²) in [6.45, 7) is 1.36. The van der Waals surface area contributed by atoms with E-state index in [9.17, 15) is 5.11 Å². The average molecular weight is 257 g/mol. The zero-order valence-electron chi connectivity index (χ0n) is 11.0. The third-order valence-electron chi connectivity index (χ3n) is 3.01. The van der Waals surface area contributed by atoms with Crippen molar-refractivity contribution in [3.8, 4) is 0 Å². The van der Waals surface area contributed by atoms with Crippen LogP contribution in [0, 0.1) is 0 Å². The van der Waals surface area contributed by atoms with Crippen LogP contribution in [0.2, 0.25) is 0 Å². The van der Waals surface area contributed by atoms with Crippen LogP contribution in [-0.2, 0) is 6.54 Å². The summed E-state index contributed by atoms with van der Waals surface area (Å²) in [5.74, 6) is 0. The molecule has 1 heterocycles. The maximum Gasteiger partial charge on any atom is 0.0916 e. The van der Waals surface area contributed by atoms with E-state index in [0.717, 1.165) is 12.1 Å². The minimum absolute atomic E-state index is 0.507. The molecule has 2 rings (SSSR count). The number of rotatable bonds is 5. The number of aliphatic hydroxyl groups excluding tert-OH is 1. The number of nitrogen functional groups attached to an aromatic ring is 1. The summed E-state index contributed by atoms with van der Waals surface area (Å²) < 4.78 is 0. The number of aliphatic hydroxyl groups is 1. The zero-order chi connectivity index (χ0) is 13.7. The highest BCUT2D eigenvalue weighted by molar-refractivity contribution is 5.39. The van der Waals surface area contributed by atoms with E-state index in [-0.39, 0.29) is 0 Å².